The van der Waals surface area contributed by atoms with Crippen molar-refractivity contribution in [2.45, 2.75) is 55.4 Å². The van der Waals surface area contributed by atoms with Crippen LogP contribution < -0.4 is 4.90 Å². The number of hydrogen-bond acceptors (Lipinski definition) is 3. The minimum Gasteiger partial charge on any atom is -0.309 e. The Kier molecular flexibility index (Phi) is 4.79. The van der Waals surface area contributed by atoms with Crippen molar-refractivity contribution >= 4 is 11.6 Å². The topological polar surface area (TPSA) is 46.1 Å². The molecule has 0 fully saturated rings. The van der Waals surface area contributed by atoms with E-state index in [1.165, 1.54) is 16.7 Å². The predicted molar refractivity (Wildman–Crippen MR) is 99.1 cm³/mol. The van der Waals surface area contributed by atoms with E-state index < -0.39 is 0 Å². The third kappa shape index (κ3) is 2.81. The van der Waals surface area contributed by atoms with Crippen LogP contribution >= 0.6 is 0 Å². The van der Waals surface area contributed by atoms with Gasteiger partial charge in [-0.05, 0) is 83.2 Å². The van der Waals surface area contributed by atoms with Crippen LogP contribution in [0.5, 0.6) is 0 Å². The first-order valence-electron chi connectivity index (χ1n) is 8.24. The number of benzene rings is 1. The van der Waals surface area contributed by atoms with Gasteiger partial charge >= 0.3 is 0 Å². The molecule has 0 aliphatic rings. The Balaban J connectivity index is 2.60. The van der Waals surface area contributed by atoms with Gasteiger partial charge in [0.15, 0.2) is 0 Å². The fraction of sp³-hybridized carbons (Fsp3) is 0.450. The predicted octanol–water partition coefficient (Wildman–Crippen LogP) is 4.22. The summed E-state index contributed by atoms with van der Waals surface area (Å²) >= 11 is 0. The molecule has 0 unspecified atom stereocenters. The van der Waals surface area contributed by atoms with Crippen molar-refractivity contribution in [2.75, 3.05) is 11.9 Å². The molecule has 0 N–H and O–H groups in total. The molecule has 0 aliphatic carbocycles. The molecule has 24 heavy (non-hydrogen) atoms. The van der Waals surface area contributed by atoms with Crippen LogP contribution in [0.3, 0.4) is 0 Å². The highest BCUT2D eigenvalue weighted by molar-refractivity contribution is 6.06. The van der Waals surface area contributed by atoms with Gasteiger partial charge in [0.1, 0.15) is 5.69 Å². The van der Waals surface area contributed by atoms with Crippen molar-refractivity contribution in [3.05, 3.63) is 50.6 Å². The number of carbonyl (C=O) groups excluding carboxylic acids is 1. The number of anilines is 1. The van der Waals surface area contributed by atoms with Gasteiger partial charge in [0.2, 0.25) is 0 Å². The van der Waals surface area contributed by atoms with Gasteiger partial charge in [0.05, 0.1) is 22.8 Å². The molecule has 1 heterocycles. The van der Waals surface area contributed by atoms with Crippen LogP contribution in [0.2, 0.25) is 0 Å². The van der Waals surface area contributed by atoms with Gasteiger partial charge in [-0.25, -0.2) is 4.98 Å². The molecule has 0 saturated carbocycles. The molecule has 0 saturated heterocycles. The zero-order valence-electron chi connectivity index (χ0n) is 16.2. The summed E-state index contributed by atoms with van der Waals surface area (Å²) in [4.78, 5) is 23.7. The van der Waals surface area contributed by atoms with E-state index in [1.807, 2.05) is 27.8 Å². The van der Waals surface area contributed by atoms with E-state index in [4.69, 9.17) is 0 Å². The second-order valence-electron chi connectivity index (χ2n) is 6.67. The van der Waals surface area contributed by atoms with Crippen LogP contribution in [-0.2, 0) is 0 Å². The highest BCUT2D eigenvalue weighted by Gasteiger charge is 2.23. The molecule has 2 aromatic rings. The highest BCUT2D eigenvalue weighted by atomic mass is 16.2. The molecule has 1 aromatic carbocycles. The quantitative estimate of drug-likeness (QED) is 0.830. The lowest BCUT2D eigenvalue weighted by atomic mass is 9.92. The molecule has 1 aromatic heterocycles. The number of hydrogen-bond donors (Lipinski definition) is 0. The van der Waals surface area contributed by atoms with E-state index in [0.717, 1.165) is 28.2 Å². The molecule has 1 amide bonds. The molecule has 0 spiro atoms. The Labute approximate surface area is 144 Å². The van der Waals surface area contributed by atoms with Crippen molar-refractivity contribution in [3.8, 4) is 0 Å². The summed E-state index contributed by atoms with van der Waals surface area (Å²) in [6.07, 6.45) is 0. The molecule has 0 atom stereocenters. The molecular formula is C20H27N3O. The highest BCUT2D eigenvalue weighted by Crippen LogP contribution is 2.33. The van der Waals surface area contributed by atoms with Crippen LogP contribution in [0.1, 0.15) is 55.4 Å². The molecule has 128 valence electrons. The third-order valence-corrected chi connectivity index (χ3v) is 5.28. The lowest BCUT2D eigenvalue weighted by Crippen LogP contribution is -2.30. The normalized spacial score (nSPS) is 10.9. The number of aromatic nitrogens is 2. The van der Waals surface area contributed by atoms with Crippen molar-refractivity contribution in [2.24, 2.45) is 0 Å². The minimum atomic E-state index is -0.114. The van der Waals surface area contributed by atoms with E-state index in [1.54, 1.807) is 4.90 Å². The Bertz CT molecular complexity index is 809. The number of nitrogens with zero attached hydrogens (tertiary/aromatic N) is 3. The van der Waals surface area contributed by atoms with Crippen molar-refractivity contribution < 1.29 is 4.79 Å². The molecular weight excluding hydrogens is 298 g/mol. The molecule has 0 bridgehead atoms. The first-order valence-corrected chi connectivity index (χ1v) is 8.24. The molecule has 4 heteroatoms. The van der Waals surface area contributed by atoms with Gasteiger partial charge in [0, 0.05) is 7.05 Å². The largest absolute Gasteiger partial charge is 0.309 e. The number of rotatable bonds is 2. The average Bonchev–Trinajstić information content (AvgIpc) is 2.53. The lowest BCUT2D eigenvalue weighted by Gasteiger charge is -2.26. The zero-order valence-corrected chi connectivity index (χ0v) is 16.2. The Morgan fingerprint density at radius 3 is 1.58 bits per heavy atom. The molecule has 0 radical (unpaired) electrons. The number of carbonyl (C=O) groups is 1. The van der Waals surface area contributed by atoms with Crippen molar-refractivity contribution in [3.63, 3.8) is 0 Å². The van der Waals surface area contributed by atoms with Gasteiger partial charge < -0.3 is 4.90 Å². The zero-order chi connectivity index (χ0) is 18.3. The lowest BCUT2D eigenvalue weighted by molar-refractivity contribution is 0.0986. The SMILES string of the molecule is Cc1nc(C)c(C(=O)N(C)c2c(C)c(C)c(C)c(C)c2C)nc1C. The smallest absolute Gasteiger partial charge is 0.278 e. The fourth-order valence-electron chi connectivity index (χ4n) is 3.16. The van der Waals surface area contributed by atoms with Gasteiger partial charge in [-0.1, -0.05) is 0 Å². The van der Waals surface area contributed by atoms with Crippen molar-refractivity contribution in [1.82, 2.24) is 9.97 Å². The Hall–Kier alpha value is -2.23. The van der Waals surface area contributed by atoms with Crippen molar-refractivity contribution in [1.29, 1.82) is 0 Å². The van der Waals surface area contributed by atoms with E-state index in [0.29, 0.717) is 11.4 Å². The van der Waals surface area contributed by atoms with Gasteiger partial charge in [-0.15, -0.1) is 0 Å². The van der Waals surface area contributed by atoms with Crippen LogP contribution in [0.25, 0.3) is 0 Å². The Morgan fingerprint density at radius 2 is 1.08 bits per heavy atom. The van der Waals surface area contributed by atoms with Crippen LogP contribution in [0.15, 0.2) is 0 Å². The molecule has 2 rings (SSSR count). The summed E-state index contributed by atoms with van der Waals surface area (Å²) < 4.78 is 0. The minimum absolute atomic E-state index is 0.114. The van der Waals surface area contributed by atoms with Crippen LogP contribution in [0.4, 0.5) is 5.69 Å². The third-order valence-electron chi connectivity index (χ3n) is 5.28. The summed E-state index contributed by atoms with van der Waals surface area (Å²) in [7, 11) is 1.82. The monoisotopic (exact) mass is 325 g/mol. The second-order valence-corrected chi connectivity index (χ2v) is 6.67. The summed E-state index contributed by atoms with van der Waals surface area (Å²) in [5.74, 6) is -0.114. The van der Waals surface area contributed by atoms with E-state index in [9.17, 15) is 4.79 Å². The maximum atomic E-state index is 13.1. The fourth-order valence-corrected chi connectivity index (χ4v) is 3.16. The second kappa shape index (κ2) is 6.34. The maximum absolute atomic E-state index is 13.1. The van der Waals surface area contributed by atoms with Gasteiger partial charge in [-0.2, -0.15) is 0 Å². The Morgan fingerprint density at radius 1 is 0.667 bits per heavy atom. The average molecular weight is 325 g/mol. The van der Waals surface area contributed by atoms with E-state index in [-0.39, 0.29) is 5.91 Å². The summed E-state index contributed by atoms with van der Waals surface area (Å²) in [6, 6.07) is 0. The summed E-state index contributed by atoms with van der Waals surface area (Å²) in [5, 5.41) is 0. The first-order chi connectivity index (χ1) is 11.1. The number of aryl methyl sites for hydroxylation is 3. The molecule has 0 aliphatic heterocycles. The van der Waals surface area contributed by atoms with Crippen LogP contribution in [0, 0.1) is 55.4 Å². The van der Waals surface area contributed by atoms with E-state index >= 15 is 0 Å². The summed E-state index contributed by atoms with van der Waals surface area (Å²) in [6.45, 7) is 16.1. The van der Waals surface area contributed by atoms with Gasteiger partial charge in [0.25, 0.3) is 5.91 Å². The summed E-state index contributed by atoms with van der Waals surface area (Å²) in [5.41, 5.74) is 9.76. The maximum Gasteiger partial charge on any atom is 0.278 e. The van der Waals surface area contributed by atoms with Crippen LogP contribution in [-0.4, -0.2) is 22.9 Å². The standard InChI is InChI=1S/C20H27N3O/c1-10-11(2)13(4)19(14(5)12(10)3)23(9)20(24)18-17(8)21-15(6)16(7)22-18/h1-9H3. The first kappa shape index (κ1) is 18.1. The molecule has 4 nitrogen and oxygen atoms in total. The van der Waals surface area contributed by atoms with Gasteiger partial charge in [-0.3, -0.25) is 9.78 Å². The van der Waals surface area contributed by atoms with E-state index in [2.05, 4.69) is 44.6 Å². The number of amides is 1.